The van der Waals surface area contributed by atoms with Crippen LogP contribution in [0.2, 0.25) is 0 Å². The fourth-order valence-corrected chi connectivity index (χ4v) is 1.61. The zero-order valence-electron chi connectivity index (χ0n) is 10.9. The molecule has 1 aromatic rings. The molecule has 1 aromatic heterocycles. The Labute approximate surface area is 107 Å². The molecule has 96 valence electrons. The fourth-order valence-electron chi connectivity index (χ4n) is 1.25. The summed E-state index contributed by atoms with van der Waals surface area (Å²) in [7, 11) is 0. The lowest BCUT2D eigenvalue weighted by Crippen LogP contribution is -2.13. The number of nitrogens with one attached hydrogen (secondary N) is 1. The van der Waals surface area contributed by atoms with E-state index in [0.717, 1.165) is 18.8 Å². The topological polar surface area (TPSA) is 76.7 Å². The van der Waals surface area contributed by atoms with E-state index < -0.39 is 0 Å². The van der Waals surface area contributed by atoms with E-state index in [1.54, 1.807) is 0 Å². The molecular weight excluding hydrogens is 234 g/mol. The summed E-state index contributed by atoms with van der Waals surface area (Å²) in [6.45, 7) is 7.12. The first-order valence-electron chi connectivity index (χ1n) is 5.81. The van der Waals surface area contributed by atoms with Crippen LogP contribution in [0.15, 0.2) is 0 Å². The minimum Gasteiger partial charge on any atom is -0.368 e. The molecule has 3 N–H and O–H groups in total. The highest BCUT2D eigenvalue weighted by molar-refractivity contribution is 7.99. The predicted octanol–water partition coefficient (Wildman–Crippen LogP) is 2.13. The Balaban J connectivity index is 2.59. The molecule has 1 heterocycles. The second-order valence-corrected chi connectivity index (χ2v) is 5.57. The number of hydrogen-bond donors (Lipinski definition) is 2. The lowest BCUT2D eigenvalue weighted by Gasteiger charge is -2.10. The number of rotatable bonds is 6. The molecule has 6 heteroatoms. The zero-order valence-corrected chi connectivity index (χ0v) is 11.7. The Morgan fingerprint density at radius 2 is 1.94 bits per heavy atom. The van der Waals surface area contributed by atoms with Crippen LogP contribution in [0, 0.1) is 0 Å². The third kappa shape index (κ3) is 4.77. The first kappa shape index (κ1) is 14.0. The molecule has 0 aliphatic carbocycles. The van der Waals surface area contributed by atoms with Crippen LogP contribution in [0.25, 0.3) is 0 Å². The van der Waals surface area contributed by atoms with E-state index in [2.05, 4.69) is 33.4 Å². The van der Waals surface area contributed by atoms with Gasteiger partial charge in [0.15, 0.2) is 0 Å². The molecule has 0 spiro atoms. The van der Waals surface area contributed by atoms with E-state index in [-0.39, 0.29) is 11.9 Å². The van der Waals surface area contributed by atoms with Gasteiger partial charge in [-0.15, -0.1) is 0 Å². The number of aromatic nitrogens is 3. The summed E-state index contributed by atoms with van der Waals surface area (Å²) < 4.78 is 0. The summed E-state index contributed by atoms with van der Waals surface area (Å²) in [5.41, 5.74) is 5.65. The predicted molar refractivity (Wildman–Crippen MR) is 74.4 cm³/mol. The number of nitrogens with zero attached hydrogens (tertiary/aromatic N) is 3. The van der Waals surface area contributed by atoms with E-state index >= 15 is 0 Å². The molecule has 0 fully saturated rings. The molecule has 0 aliphatic rings. The van der Waals surface area contributed by atoms with E-state index in [0.29, 0.717) is 11.2 Å². The van der Waals surface area contributed by atoms with Crippen molar-refractivity contribution < 1.29 is 0 Å². The smallest absolute Gasteiger partial charge is 0.227 e. The molecule has 0 aliphatic heterocycles. The van der Waals surface area contributed by atoms with Gasteiger partial charge in [-0.2, -0.15) is 26.7 Å². The summed E-state index contributed by atoms with van der Waals surface area (Å²) in [5, 5.41) is 3.82. The van der Waals surface area contributed by atoms with Gasteiger partial charge < -0.3 is 11.1 Å². The lowest BCUT2D eigenvalue weighted by atomic mass is 10.2. The van der Waals surface area contributed by atoms with Crippen molar-refractivity contribution in [1.82, 2.24) is 15.0 Å². The monoisotopic (exact) mass is 255 g/mol. The third-order valence-corrected chi connectivity index (χ3v) is 3.46. The van der Waals surface area contributed by atoms with Crippen LogP contribution in [-0.4, -0.2) is 33.0 Å². The van der Waals surface area contributed by atoms with Crippen molar-refractivity contribution in [3.8, 4) is 0 Å². The first-order valence-corrected chi connectivity index (χ1v) is 7.09. The van der Waals surface area contributed by atoms with Gasteiger partial charge in [0.1, 0.15) is 5.82 Å². The molecule has 0 bridgehead atoms. The second-order valence-electron chi connectivity index (χ2n) is 4.29. The number of nitrogens with two attached hydrogens (primary N) is 1. The van der Waals surface area contributed by atoms with Crippen LogP contribution in [0.1, 0.15) is 38.9 Å². The maximum Gasteiger partial charge on any atom is 0.227 e. The van der Waals surface area contributed by atoms with Gasteiger partial charge in [-0.05, 0) is 12.7 Å². The zero-order chi connectivity index (χ0) is 12.8. The quantitative estimate of drug-likeness (QED) is 0.811. The summed E-state index contributed by atoms with van der Waals surface area (Å²) >= 11 is 1.85. The van der Waals surface area contributed by atoms with Gasteiger partial charge in [0.05, 0.1) is 0 Å². The molecule has 0 amide bonds. The van der Waals surface area contributed by atoms with Crippen molar-refractivity contribution in [3.05, 3.63) is 5.82 Å². The summed E-state index contributed by atoms with van der Waals surface area (Å²) in [4.78, 5) is 12.5. The van der Waals surface area contributed by atoms with Gasteiger partial charge in [0.2, 0.25) is 11.9 Å². The summed E-state index contributed by atoms with van der Waals surface area (Å²) in [5.74, 6) is 1.85. The van der Waals surface area contributed by atoms with Gasteiger partial charge in [-0.25, -0.2) is 0 Å². The highest BCUT2D eigenvalue weighted by atomic mass is 32.2. The van der Waals surface area contributed by atoms with Gasteiger partial charge >= 0.3 is 0 Å². The first-order chi connectivity index (χ1) is 8.02. The maximum absolute atomic E-state index is 5.65. The summed E-state index contributed by atoms with van der Waals surface area (Å²) in [6, 6.07) is 0. The van der Waals surface area contributed by atoms with Crippen molar-refractivity contribution >= 4 is 23.7 Å². The summed E-state index contributed by atoms with van der Waals surface area (Å²) in [6.07, 6.45) is 3.19. The molecule has 0 saturated heterocycles. The average molecular weight is 255 g/mol. The Hall–Kier alpha value is -1.04. The number of nitrogen functional groups attached to an aromatic ring is 1. The molecule has 0 aromatic carbocycles. The minimum atomic E-state index is 0.256. The van der Waals surface area contributed by atoms with Gasteiger partial charge in [-0.3, -0.25) is 0 Å². The standard InChI is InChI=1S/C11H21N5S/c1-7(2)9-14-10(12)16-11(15-9)13-6-5-8(3)17-4/h7-8H,5-6H2,1-4H3,(H3,12,13,14,15,16). The van der Waals surface area contributed by atoms with Crippen molar-refractivity contribution in [1.29, 1.82) is 0 Å². The van der Waals surface area contributed by atoms with Crippen LogP contribution in [0.4, 0.5) is 11.9 Å². The van der Waals surface area contributed by atoms with Crippen LogP contribution >= 0.6 is 11.8 Å². The third-order valence-electron chi connectivity index (χ3n) is 2.42. The normalized spacial score (nSPS) is 12.8. The van der Waals surface area contributed by atoms with Gasteiger partial charge in [0, 0.05) is 17.7 Å². The second kappa shape index (κ2) is 6.64. The van der Waals surface area contributed by atoms with Crippen molar-refractivity contribution in [2.75, 3.05) is 23.9 Å². The van der Waals surface area contributed by atoms with E-state index in [1.807, 2.05) is 25.6 Å². The molecule has 17 heavy (non-hydrogen) atoms. The highest BCUT2D eigenvalue weighted by Gasteiger charge is 2.07. The van der Waals surface area contributed by atoms with Crippen LogP contribution < -0.4 is 11.1 Å². The number of anilines is 2. The minimum absolute atomic E-state index is 0.256. The Kier molecular flexibility index (Phi) is 5.47. The fraction of sp³-hybridized carbons (Fsp3) is 0.727. The molecule has 1 atom stereocenters. The molecule has 0 radical (unpaired) electrons. The molecular formula is C11H21N5S. The molecule has 5 nitrogen and oxygen atoms in total. The molecule has 1 unspecified atom stereocenters. The highest BCUT2D eigenvalue weighted by Crippen LogP contribution is 2.13. The lowest BCUT2D eigenvalue weighted by molar-refractivity contribution is 0.760. The Morgan fingerprint density at radius 3 is 2.53 bits per heavy atom. The van der Waals surface area contributed by atoms with Crippen LogP contribution in [0.3, 0.4) is 0 Å². The number of thioether (sulfide) groups is 1. The van der Waals surface area contributed by atoms with Crippen LogP contribution in [-0.2, 0) is 0 Å². The number of hydrogen-bond acceptors (Lipinski definition) is 6. The Bertz CT molecular complexity index is 356. The average Bonchev–Trinajstić information content (AvgIpc) is 2.28. The maximum atomic E-state index is 5.65. The van der Waals surface area contributed by atoms with Crippen molar-refractivity contribution in [3.63, 3.8) is 0 Å². The Morgan fingerprint density at radius 1 is 1.24 bits per heavy atom. The van der Waals surface area contributed by atoms with Gasteiger partial charge in [0.25, 0.3) is 0 Å². The van der Waals surface area contributed by atoms with Crippen LogP contribution in [0.5, 0.6) is 0 Å². The largest absolute Gasteiger partial charge is 0.368 e. The molecule has 0 saturated carbocycles. The van der Waals surface area contributed by atoms with Crippen molar-refractivity contribution in [2.24, 2.45) is 0 Å². The van der Waals surface area contributed by atoms with E-state index in [4.69, 9.17) is 5.73 Å². The van der Waals surface area contributed by atoms with E-state index in [9.17, 15) is 0 Å². The molecule has 1 rings (SSSR count). The van der Waals surface area contributed by atoms with Crippen molar-refractivity contribution in [2.45, 2.75) is 38.4 Å². The van der Waals surface area contributed by atoms with Gasteiger partial charge in [-0.1, -0.05) is 20.8 Å². The SMILES string of the molecule is CSC(C)CCNc1nc(N)nc(C(C)C)n1. The van der Waals surface area contributed by atoms with E-state index in [1.165, 1.54) is 0 Å².